The number of amides is 1. The molecule has 0 bridgehead atoms. The molecule has 1 heterocycles. The summed E-state index contributed by atoms with van der Waals surface area (Å²) in [5, 5.41) is 6.22. The van der Waals surface area contributed by atoms with Crippen LogP contribution in [-0.2, 0) is 9.53 Å². The number of ether oxygens (including phenoxy) is 1. The fraction of sp³-hybridized carbons (Fsp3) is 0.727. The van der Waals surface area contributed by atoms with Gasteiger partial charge in [0.05, 0.1) is 6.61 Å². The van der Waals surface area contributed by atoms with Gasteiger partial charge in [-0.3, -0.25) is 4.79 Å². The van der Waals surface area contributed by atoms with Gasteiger partial charge in [-0.15, -0.1) is 6.58 Å². The van der Waals surface area contributed by atoms with Crippen molar-refractivity contribution in [3.63, 3.8) is 0 Å². The van der Waals surface area contributed by atoms with Crippen molar-refractivity contribution >= 4 is 5.91 Å². The summed E-state index contributed by atoms with van der Waals surface area (Å²) >= 11 is 0. The smallest absolute Gasteiger partial charge is 0.246 e. The molecule has 0 aliphatic carbocycles. The second-order valence-corrected chi connectivity index (χ2v) is 3.74. The Hall–Kier alpha value is -0.870. The molecule has 0 aromatic carbocycles. The maximum atomic E-state index is 11.2. The van der Waals surface area contributed by atoms with Gasteiger partial charge >= 0.3 is 0 Å². The van der Waals surface area contributed by atoms with Crippen LogP contribution in [0.15, 0.2) is 12.7 Å². The average molecular weight is 212 g/mol. The van der Waals surface area contributed by atoms with Crippen molar-refractivity contribution < 1.29 is 9.53 Å². The zero-order valence-electron chi connectivity index (χ0n) is 9.13. The highest BCUT2D eigenvalue weighted by Gasteiger charge is 2.13. The lowest BCUT2D eigenvalue weighted by Crippen LogP contribution is -2.32. The fourth-order valence-corrected chi connectivity index (χ4v) is 1.67. The minimum atomic E-state index is -0.0464. The summed E-state index contributed by atoms with van der Waals surface area (Å²) in [4.78, 5) is 11.2. The lowest BCUT2D eigenvalue weighted by molar-refractivity contribution is -0.125. The average Bonchev–Trinajstić information content (AvgIpc) is 2.71. The van der Waals surface area contributed by atoms with Crippen LogP contribution in [0.5, 0.6) is 0 Å². The van der Waals surface area contributed by atoms with Crippen LogP contribution >= 0.6 is 0 Å². The molecule has 1 fully saturated rings. The van der Waals surface area contributed by atoms with Crippen LogP contribution in [0.1, 0.15) is 19.3 Å². The summed E-state index contributed by atoms with van der Waals surface area (Å²) in [7, 11) is 0. The Balaban J connectivity index is 1.93. The Bertz CT molecular complexity index is 201. The lowest BCUT2D eigenvalue weighted by atomic mass is 10.1. The Labute approximate surface area is 91.1 Å². The first-order chi connectivity index (χ1) is 7.33. The van der Waals surface area contributed by atoms with Crippen LogP contribution in [0.2, 0.25) is 0 Å². The Morgan fingerprint density at radius 3 is 3.20 bits per heavy atom. The molecule has 0 saturated carbocycles. The molecular weight excluding hydrogens is 192 g/mol. The van der Waals surface area contributed by atoms with E-state index in [2.05, 4.69) is 17.2 Å². The van der Waals surface area contributed by atoms with Crippen molar-refractivity contribution in [1.29, 1.82) is 0 Å². The third-order valence-corrected chi connectivity index (χ3v) is 2.45. The van der Waals surface area contributed by atoms with E-state index in [9.17, 15) is 4.79 Å². The zero-order chi connectivity index (χ0) is 10.9. The van der Waals surface area contributed by atoms with Crippen LogP contribution in [-0.4, -0.2) is 38.3 Å². The zero-order valence-corrected chi connectivity index (χ0v) is 9.13. The third-order valence-electron chi connectivity index (χ3n) is 2.45. The minimum Gasteiger partial charge on any atom is -0.368 e. The van der Waals surface area contributed by atoms with Crippen molar-refractivity contribution in [1.82, 2.24) is 10.6 Å². The van der Waals surface area contributed by atoms with E-state index < -0.39 is 0 Å². The van der Waals surface area contributed by atoms with Gasteiger partial charge in [0.1, 0.15) is 6.61 Å². The van der Waals surface area contributed by atoms with E-state index in [4.69, 9.17) is 4.74 Å². The SMILES string of the molecule is C=CCOCC(=O)NCC[C@H]1CCCN1. The van der Waals surface area contributed by atoms with Crippen LogP contribution in [0.3, 0.4) is 0 Å². The van der Waals surface area contributed by atoms with E-state index in [-0.39, 0.29) is 12.5 Å². The number of carbonyl (C=O) groups is 1. The normalized spacial score (nSPS) is 20.1. The summed E-state index contributed by atoms with van der Waals surface area (Å²) in [5.74, 6) is -0.0464. The molecule has 4 heteroatoms. The summed E-state index contributed by atoms with van der Waals surface area (Å²) in [6, 6.07) is 0.583. The van der Waals surface area contributed by atoms with Crippen molar-refractivity contribution in [2.75, 3.05) is 26.3 Å². The van der Waals surface area contributed by atoms with Crippen LogP contribution in [0, 0.1) is 0 Å². The van der Waals surface area contributed by atoms with Gasteiger partial charge in [0.25, 0.3) is 0 Å². The minimum absolute atomic E-state index is 0.0464. The number of rotatable bonds is 7. The van der Waals surface area contributed by atoms with E-state index in [1.165, 1.54) is 12.8 Å². The van der Waals surface area contributed by atoms with Gasteiger partial charge in [-0.2, -0.15) is 0 Å². The molecule has 1 aliphatic rings. The molecule has 1 atom stereocenters. The van der Waals surface area contributed by atoms with Gasteiger partial charge in [-0.05, 0) is 25.8 Å². The Kier molecular flexibility index (Phi) is 6.04. The predicted molar refractivity (Wildman–Crippen MR) is 59.7 cm³/mol. The van der Waals surface area contributed by atoms with Crippen LogP contribution < -0.4 is 10.6 Å². The van der Waals surface area contributed by atoms with Crippen molar-refractivity contribution in [2.24, 2.45) is 0 Å². The Morgan fingerprint density at radius 1 is 1.67 bits per heavy atom. The molecule has 0 aromatic rings. The highest BCUT2D eigenvalue weighted by atomic mass is 16.5. The molecule has 0 spiro atoms. The second kappa shape index (κ2) is 7.43. The summed E-state index contributed by atoms with van der Waals surface area (Å²) in [6.45, 7) is 5.91. The van der Waals surface area contributed by atoms with Gasteiger partial charge < -0.3 is 15.4 Å². The van der Waals surface area contributed by atoms with E-state index in [1.54, 1.807) is 6.08 Å². The number of carbonyl (C=O) groups excluding carboxylic acids is 1. The standard InChI is InChI=1S/C11H20N2O2/c1-2-8-15-9-11(14)13-7-5-10-4-3-6-12-10/h2,10,12H,1,3-9H2,(H,13,14)/t10-/m1/s1. The topological polar surface area (TPSA) is 50.4 Å². The van der Waals surface area contributed by atoms with Gasteiger partial charge in [0.2, 0.25) is 5.91 Å². The first kappa shape index (κ1) is 12.2. The maximum absolute atomic E-state index is 11.2. The van der Waals surface area contributed by atoms with E-state index in [0.717, 1.165) is 19.5 Å². The summed E-state index contributed by atoms with van der Waals surface area (Å²) in [5.41, 5.74) is 0. The Morgan fingerprint density at radius 2 is 2.53 bits per heavy atom. The number of hydrogen-bond acceptors (Lipinski definition) is 3. The van der Waals surface area contributed by atoms with Crippen LogP contribution in [0.25, 0.3) is 0 Å². The molecule has 86 valence electrons. The van der Waals surface area contributed by atoms with Crippen molar-refractivity contribution in [3.8, 4) is 0 Å². The molecule has 2 N–H and O–H groups in total. The first-order valence-electron chi connectivity index (χ1n) is 5.51. The second-order valence-electron chi connectivity index (χ2n) is 3.74. The molecule has 1 saturated heterocycles. The quantitative estimate of drug-likeness (QED) is 0.476. The fourth-order valence-electron chi connectivity index (χ4n) is 1.67. The van der Waals surface area contributed by atoms with Gasteiger partial charge in [-0.1, -0.05) is 6.08 Å². The van der Waals surface area contributed by atoms with Crippen LogP contribution in [0.4, 0.5) is 0 Å². The lowest BCUT2D eigenvalue weighted by Gasteiger charge is -2.10. The molecule has 0 unspecified atom stereocenters. The molecule has 1 amide bonds. The highest BCUT2D eigenvalue weighted by Crippen LogP contribution is 2.07. The highest BCUT2D eigenvalue weighted by molar-refractivity contribution is 5.77. The monoisotopic (exact) mass is 212 g/mol. The molecule has 1 aliphatic heterocycles. The summed E-state index contributed by atoms with van der Waals surface area (Å²) < 4.78 is 5.02. The molecule has 0 radical (unpaired) electrons. The maximum Gasteiger partial charge on any atom is 0.246 e. The molecule has 4 nitrogen and oxygen atoms in total. The van der Waals surface area contributed by atoms with E-state index >= 15 is 0 Å². The van der Waals surface area contributed by atoms with Crippen molar-refractivity contribution in [2.45, 2.75) is 25.3 Å². The number of hydrogen-bond donors (Lipinski definition) is 2. The van der Waals surface area contributed by atoms with Gasteiger partial charge in [0.15, 0.2) is 0 Å². The molecule has 0 aromatic heterocycles. The van der Waals surface area contributed by atoms with Crippen molar-refractivity contribution in [3.05, 3.63) is 12.7 Å². The molecule has 1 rings (SSSR count). The largest absolute Gasteiger partial charge is 0.368 e. The predicted octanol–water partition coefficient (Wildman–Crippen LogP) is 0.447. The molecular formula is C11H20N2O2. The first-order valence-corrected chi connectivity index (χ1v) is 5.51. The third kappa shape index (κ3) is 5.54. The van der Waals surface area contributed by atoms with E-state index in [1.807, 2.05) is 0 Å². The number of nitrogens with one attached hydrogen (secondary N) is 2. The summed E-state index contributed by atoms with van der Waals surface area (Å²) in [6.07, 6.45) is 5.12. The molecule has 15 heavy (non-hydrogen) atoms. The van der Waals surface area contributed by atoms with E-state index in [0.29, 0.717) is 12.6 Å². The van der Waals surface area contributed by atoms with Gasteiger partial charge in [-0.25, -0.2) is 0 Å². The van der Waals surface area contributed by atoms with Gasteiger partial charge in [0, 0.05) is 12.6 Å².